The molecule has 0 aromatic carbocycles. The molecule has 1 saturated heterocycles. The van der Waals surface area contributed by atoms with Crippen molar-refractivity contribution in [3.8, 4) is 0 Å². The molecule has 0 aromatic heterocycles. The maximum Gasteiger partial charge on any atom is 0.526 e. The minimum atomic E-state index is -5.35. The lowest BCUT2D eigenvalue weighted by molar-refractivity contribution is -0.141. The number of carbonyl (C=O) groups is 1. The fourth-order valence-corrected chi connectivity index (χ4v) is 1.84. The molecule has 0 radical (unpaired) electrons. The van der Waals surface area contributed by atoms with Crippen molar-refractivity contribution >= 4 is 18.8 Å². The van der Waals surface area contributed by atoms with Gasteiger partial charge in [0.2, 0.25) is 0 Å². The van der Waals surface area contributed by atoms with Crippen molar-refractivity contribution in [2.24, 2.45) is 0 Å². The van der Waals surface area contributed by atoms with Crippen molar-refractivity contribution < 1.29 is 41.2 Å². The zero-order chi connectivity index (χ0) is 18.9. The van der Waals surface area contributed by atoms with E-state index in [0.717, 1.165) is 0 Å². The van der Waals surface area contributed by atoms with Gasteiger partial charge in [0, 0.05) is 0 Å². The van der Waals surface area contributed by atoms with Crippen LogP contribution in [0.5, 0.6) is 0 Å². The minimum Gasteiger partial charge on any atom is -0.457 e. The second-order valence-corrected chi connectivity index (χ2v) is 5.98. The highest BCUT2D eigenvalue weighted by atomic mass is 19.4. The summed E-state index contributed by atoms with van der Waals surface area (Å²) in [6, 6.07) is 0. The van der Waals surface area contributed by atoms with Crippen molar-refractivity contribution in [1.82, 2.24) is 0 Å². The van der Waals surface area contributed by atoms with Crippen molar-refractivity contribution in [2.75, 3.05) is 6.61 Å². The van der Waals surface area contributed by atoms with E-state index in [4.69, 9.17) is 14.8 Å². The number of rotatable bonds is 4. The molecule has 1 fully saturated rings. The van der Waals surface area contributed by atoms with Crippen LogP contribution in [0.4, 0.5) is 17.6 Å². The summed E-state index contributed by atoms with van der Waals surface area (Å²) >= 11 is 0. The summed E-state index contributed by atoms with van der Waals surface area (Å²) in [4.78, 5) is 13.8. The van der Waals surface area contributed by atoms with Crippen LogP contribution in [0, 0.1) is 0 Å². The number of hydrogen-bond donors (Lipinski definition) is 0. The Morgan fingerprint density at radius 1 is 1.21 bits per heavy atom. The van der Waals surface area contributed by atoms with Crippen LogP contribution in [0.25, 0.3) is 5.53 Å². The van der Waals surface area contributed by atoms with Gasteiger partial charge in [-0.3, -0.25) is 0 Å². The van der Waals surface area contributed by atoms with Crippen LogP contribution in [-0.2, 0) is 18.8 Å². The molecule has 0 aromatic rings. The van der Waals surface area contributed by atoms with Crippen LogP contribution in [-0.4, -0.2) is 47.6 Å². The molecule has 0 atom stereocenters. The second kappa shape index (κ2) is 6.66. The summed E-state index contributed by atoms with van der Waals surface area (Å²) in [7, 11) is -2.02. The van der Waals surface area contributed by atoms with Crippen molar-refractivity contribution in [3.63, 3.8) is 0 Å². The molecule has 0 N–H and O–H groups in total. The largest absolute Gasteiger partial charge is 0.526 e. The zero-order valence-corrected chi connectivity index (χ0v) is 13.8. The normalized spacial score (nSPS) is 20.3. The van der Waals surface area contributed by atoms with Gasteiger partial charge in [0.15, 0.2) is 11.3 Å². The molecular formula is C13H17BF4N2O4. The molecule has 0 saturated carbocycles. The zero-order valence-electron chi connectivity index (χ0n) is 13.8. The summed E-state index contributed by atoms with van der Waals surface area (Å²) in [5, 5.41) is 0. The van der Waals surface area contributed by atoms with E-state index in [1.807, 2.05) is 0 Å². The van der Waals surface area contributed by atoms with E-state index in [-0.39, 0.29) is 6.61 Å². The Hall–Kier alpha value is -1.71. The highest BCUT2D eigenvalue weighted by Crippen LogP contribution is 2.41. The first-order chi connectivity index (χ1) is 10.8. The van der Waals surface area contributed by atoms with Gasteiger partial charge in [0.1, 0.15) is 0 Å². The van der Waals surface area contributed by atoms with Crippen LogP contribution >= 0.6 is 0 Å². The number of carbonyl (C=O) groups excluding carboxylic acids is 1. The van der Waals surface area contributed by atoms with Gasteiger partial charge in [-0.2, -0.15) is 18.0 Å². The van der Waals surface area contributed by atoms with Gasteiger partial charge in [-0.1, -0.05) is 0 Å². The predicted octanol–water partition coefficient (Wildman–Crippen LogP) is 2.64. The third-order valence-corrected chi connectivity index (χ3v) is 3.79. The lowest BCUT2D eigenvalue weighted by Gasteiger charge is -2.32. The Bertz CT molecular complexity index is 594. The van der Waals surface area contributed by atoms with Crippen LogP contribution in [0.1, 0.15) is 34.6 Å². The quantitative estimate of drug-likeness (QED) is 0.195. The van der Waals surface area contributed by atoms with Gasteiger partial charge in [0.05, 0.1) is 17.8 Å². The molecule has 0 amide bonds. The van der Waals surface area contributed by atoms with Gasteiger partial charge in [-0.25, -0.2) is 9.18 Å². The standard InChI is InChI=1S/C13H17BF4N2O4/c1-6-22-10(21)8(20-19)7(13(16,17)18)9(15)14-23-11(2,3)12(4,5)24-14/h6H2,1-5H3. The van der Waals surface area contributed by atoms with Crippen LogP contribution in [0.3, 0.4) is 0 Å². The number of nitrogens with zero attached hydrogens (tertiary/aromatic N) is 2. The molecule has 1 aliphatic heterocycles. The fraction of sp³-hybridized carbons (Fsp3) is 0.692. The van der Waals surface area contributed by atoms with Gasteiger partial charge in [0.25, 0.3) is 0 Å². The molecule has 0 unspecified atom stereocenters. The highest BCUT2D eigenvalue weighted by molar-refractivity contribution is 6.56. The highest BCUT2D eigenvalue weighted by Gasteiger charge is 2.58. The third-order valence-electron chi connectivity index (χ3n) is 3.79. The lowest BCUT2D eigenvalue weighted by atomic mass is 9.83. The number of alkyl halides is 3. The molecule has 1 aliphatic rings. The first-order valence-electron chi connectivity index (χ1n) is 7.00. The molecule has 0 aliphatic carbocycles. The Labute approximate surface area is 136 Å². The van der Waals surface area contributed by atoms with Crippen LogP contribution in [0.15, 0.2) is 11.3 Å². The topological polar surface area (TPSA) is 81.2 Å². The average Bonchev–Trinajstić information content (AvgIpc) is 2.62. The first-order valence-corrected chi connectivity index (χ1v) is 7.00. The fourth-order valence-electron chi connectivity index (χ4n) is 1.84. The summed E-state index contributed by atoms with van der Waals surface area (Å²) in [6.07, 6.45) is -5.35. The Balaban J connectivity index is 3.43. The predicted molar refractivity (Wildman–Crippen MR) is 75.5 cm³/mol. The minimum absolute atomic E-state index is 0.291. The molecule has 6 nitrogen and oxygen atoms in total. The van der Waals surface area contributed by atoms with E-state index < -0.39 is 47.5 Å². The number of esters is 1. The first kappa shape index (κ1) is 20.3. The molecule has 1 rings (SSSR count). The molecular weight excluding hydrogens is 335 g/mol. The van der Waals surface area contributed by atoms with Crippen molar-refractivity contribution in [3.05, 3.63) is 16.8 Å². The SMILES string of the molecule is CCOC(=O)C(=[N+]=[N-])C(=C(F)B1OC(C)(C)C(C)(C)O1)C(F)(F)F. The van der Waals surface area contributed by atoms with E-state index in [9.17, 15) is 22.4 Å². The Morgan fingerprint density at radius 2 is 1.67 bits per heavy atom. The average molecular weight is 352 g/mol. The van der Waals surface area contributed by atoms with E-state index in [0.29, 0.717) is 0 Å². The van der Waals surface area contributed by atoms with Crippen molar-refractivity contribution in [2.45, 2.75) is 52.0 Å². The number of hydrogen-bond acceptors (Lipinski definition) is 4. The van der Waals surface area contributed by atoms with Gasteiger partial charge in [-0.15, -0.1) is 0 Å². The lowest BCUT2D eigenvalue weighted by Crippen LogP contribution is -2.41. The third kappa shape index (κ3) is 3.85. The smallest absolute Gasteiger partial charge is 0.457 e. The Kier molecular flexibility index (Phi) is 5.64. The van der Waals surface area contributed by atoms with Gasteiger partial charge < -0.3 is 19.6 Å². The van der Waals surface area contributed by atoms with Crippen molar-refractivity contribution in [1.29, 1.82) is 0 Å². The number of halogens is 4. The molecule has 134 valence electrons. The Morgan fingerprint density at radius 3 is 2.00 bits per heavy atom. The van der Waals surface area contributed by atoms with Crippen LogP contribution in [0.2, 0.25) is 0 Å². The maximum atomic E-state index is 14.5. The molecule has 0 bridgehead atoms. The van der Waals surface area contributed by atoms with E-state index in [1.165, 1.54) is 34.6 Å². The molecule has 0 spiro atoms. The molecule has 11 heteroatoms. The van der Waals surface area contributed by atoms with E-state index in [1.54, 1.807) is 0 Å². The summed E-state index contributed by atoms with van der Waals surface area (Å²) in [6.45, 7) is 7.09. The van der Waals surface area contributed by atoms with Gasteiger partial charge >= 0.3 is 25.0 Å². The monoisotopic (exact) mass is 352 g/mol. The molecule has 24 heavy (non-hydrogen) atoms. The van der Waals surface area contributed by atoms with Gasteiger partial charge in [-0.05, 0) is 34.6 Å². The van der Waals surface area contributed by atoms with E-state index in [2.05, 4.69) is 9.53 Å². The summed E-state index contributed by atoms with van der Waals surface area (Å²) in [5.41, 5.74) is 0.896. The molecule has 1 heterocycles. The number of ether oxygens (including phenoxy) is 1. The van der Waals surface area contributed by atoms with Crippen LogP contribution < -0.4 is 0 Å². The summed E-state index contributed by atoms with van der Waals surface area (Å²) in [5.74, 6) is -1.63. The summed E-state index contributed by atoms with van der Waals surface area (Å²) < 4.78 is 69.0. The second-order valence-electron chi connectivity index (χ2n) is 5.98. The van der Waals surface area contributed by atoms with E-state index >= 15 is 0 Å². The maximum absolute atomic E-state index is 14.5.